The number of imidazole rings is 5. The van der Waals surface area contributed by atoms with Crippen molar-refractivity contribution in [3.05, 3.63) is 283 Å². The van der Waals surface area contributed by atoms with Gasteiger partial charge in [-0.3, -0.25) is 0 Å². The van der Waals surface area contributed by atoms with Crippen molar-refractivity contribution in [2.75, 3.05) is 0 Å². The molecule has 0 amide bonds. The summed E-state index contributed by atoms with van der Waals surface area (Å²) in [6.07, 6.45) is 0. The fourth-order valence-corrected chi connectivity index (χ4v) is 19.3. The van der Waals surface area contributed by atoms with E-state index in [2.05, 4.69) is 49.8 Å². The Hall–Kier alpha value is -19.1. The quantitative estimate of drug-likeness (QED) is 0.0630. The molecule has 32 rings (SSSR count). The molecule has 20 heterocycles. The van der Waals surface area contributed by atoms with Crippen LogP contribution in [0.5, 0.6) is 0 Å². The van der Waals surface area contributed by atoms with Gasteiger partial charge in [0.2, 0.25) is 0 Å². The molecule has 10 N–H and O–H groups in total. The number of hydrogen-bond donors (Lipinski definition) is 10. The van der Waals surface area contributed by atoms with Crippen molar-refractivity contribution in [3.8, 4) is 137 Å². The molecule has 26 aromatic rings. The van der Waals surface area contributed by atoms with Crippen molar-refractivity contribution >= 4 is 188 Å². The van der Waals surface area contributed by atoms with Crippen LogP contribution in [-0.4, -0.2) is 140 Å². The van der Waals surface area contributed by atoms with Gasteiger partial charge in [0.1, 0.15) is 0 Å². The molecule has 6 aliphatic rings. The molecular weight excluding hydrogens is 1970 g/mol. The molecule has 14 aromatic heterocycles. The summed E-state index contributed by atoms with van der Waals surface area (Å²) >= 11 is 0. The number of aromatic nitrogens is 34. The van der Waals surface area contributed by atoms with Crippen LogP contribution in [0, 0.1) is 0 Å². The van der Waals surface area contributed by atoms with Gasteiger partial charge in [-0.25, -0.2) is 53.9 Å². The van der Waals surface area contributed by atoms with E-state index in [1.165, 1.54) is 0 Å². The smallest absolute Gasteiger partial charge is 0.357 e. The van der Waals surface area contributed by atoms with Gasteiger partial charge in [-0.05, 0) is 125 Å². The molecule has 143 heavy (non-hydrogen) atoms. The molecule has 0 saturated carbocycles. The predicted octanol–water partition coefficient (Wildman–Crippen LogP) is 14.2. The number of fused-ring (bicyclic) bond motifs is 65. The maximum Gasteiger partial charge on any atom is 2.00 e. The van der Waals surface area contributed by atoms with E-state index in [9.17, 15) is 24.0 Å². The molecule has 0 atom stereocenters. The number of H-pyrrole nitrogens is 10. The molecule has 0 spiro atoms. The number of benzene rings is 12. The summed E-state index contributed by atoms with van der Waals surface area (Å²) in [6.45, 7) is 0. The van der Waals surface area contributed by atoms with E-state index in [0.29, 0.717) is 237 Å². The maximum atomic E-state index is 12.2. The van der Waals surface area contributed by atoms with Crippen LogP contribution in [0.3, 0.4) is 0 Å². The van der Waals surface area contributed by atoms with Crippen LogP contribution in [0.4, 0.5) is 0 Å². The van der Waals surface area contributed by atoms with E-state index in [4.69, 9.17) is 120 Å². The second-order valence-electron chi connectivity index (χ2n) is 33.9. The zero-order valence-electron chi connectivity index (χ0n) is 73.3. The van der Waals surface area contributed by atoms with E-state index >= 15 is 0 Å². The standard InChI is InChI=1S/2C34H18N12O2.C33H17N10O.3Zn/c47-33-35-21-9-17-19(11-23(21)37-33)31-44-29(17)42-27-15-7-3-1-5-13(15)25(40-27)39-26-14-6-2-4-8-16(14)28(41-26)43-30-18-10-22-24(38-34(48)36-22)12-20(18)32(45-30)46-31;47-33-35-21-9-17-18(10-22(21)36-33)31-43-27-15-7-3-4-8-16(15)28(40-27)44-32-20-12-24-23(37-34(48)38-24)11-19(20)30(46-32)42-26-14-6-2-1-5-13(14)25(39-26)41-29(17)45-31;44-33-34-23-13-21-22(14-24(23)35-33)32-42-30-20-12-6-4-10-18(20)28(40-30)38-26-16-8-2-1-7-15(16)25(36-26)37-27-17-9-3-5-11-19(17)29(39-27)41-31(21)43-32;;;/h2*1-12H,(H6,35,36,37,38,39,40,41,42,43,44,45,46,47,48);1-14H,(H3-,34,35,36,37,38,39,40,41,42,43,44);;;/q;;-1;3*+2/p-5. The van der Waals surface area contributed by atoms with E-state index in [1.54, 1.807) is 0 Å². The average Bonchev–Trinajstić information content (AvgIpc) is 1.59. The molecule has 0 saturated heterocycles. The third-order valence-electron chi connectivity index (χ3n) is 25.6. The first-order chi connectivity index (χ1) is 68.7. The third-order valence-corrected chi connectivity index (χ3v) is 25.6. The van der Waals surface area contributed by atoms with Gasteiger partial charge in [-0.15, -0.1) is 0 Å². The number of nitrogens with zero attached hydrogens (tertiary/aromatic N) is 24. The Bertz CT molecular complexity index is 10500. The minimum atomic E-state index is -0.331. The molecule has 42 heteroatoms. The first-order valence-corrected chi connectivity index (χ1v) is 43.8. The van der Waals surface area contributed by atoms with Gasteiger partial charge in [0.15, 0.2) is 0 Å². The first kappa shape index (κ1) is 83.3. The number of aromatic amines is 10. The summed E-state index contributed by atoms with van der Waals surface area (Å²) in [4.78, 5) is 207. The summed E-state index contributed by atoms with van der Waals surface area (Å²) in [5.74, 6) is 5.08. The molecule has 12 aromatic carbocycles. The van der Waals surface area contributed by atoms with Crippen LogP contribution in [0.25, 0.3) is 324 Å². The number of nitrogens with one attached hydrogen (secondary N) is 10. The molecule has 0 radical (unpaired) electrons. The fourth-order valence-electron chi connectivity index (χ4n) is 19.3. The maximum absolute atomic E-state index is 12.2. The van der Waals surface area contributed by atoms with Gasteiger partial charge in [0.05, 0.1) is 125 Å². The molecule has 0 aliphatic carbocycles. The van der Waals surface area contributed by atoms with Gasteiger partial charge < -0.3 is 140 Å². The Labute approximate surface area is 829 Å². The Morgan fingerprint density at radius 3 is 0.406 bits per heavy atom. The van der Waals surface area contributed by atoms with E-state index in [0.717, 1.165) is 87.2 Å². The molecular formula is C101H48N34O5Zn3. The van der Waals surface area contributed by atoms with Crippen molar-refractivity contribution in [1.29, 1.82) is 0 Å². The van der Waals surface area contributed by atoms with Crippen molar-refractivity contribution in [1.82, 2.24) is 169 Å². The zero-order valence-corrected chi connectivity index (χ0v) is 82.2. The van der Waals surface area contributed by atoms with Crippen LogP contribution in [0.15, 0.2) is 254 Å². The average molecular weight is 2010 g/mol. The summed E-state index contributed by atoms with van der Waals surface area (Å²) in [5.41, 5.74) is 18.7. The fraction of sp³-hybridized carbons (Fsp3) is 0. The van der Waals surface area contributed by atoms with Crippen LogP contribution >= 0.6 is 0 Å². The monoisotopic (exact) mass is 2010 g/mol. The molecule has 658 valence electrons. The van der Waals surface area contributed by atoms with Crippen molar-refractivity contribution in [2.24, 2.45) is 0 Å². The molecule has 0 fully saturated rings. The SMILES string of the molecule is O=c1[nH]c2cc3c(cc2[nH]1)-c1nc-3nc2[n-]c(nc3nc(nc4[n-]c(n1)c1cc5[nH]c(=O)[nH]c5cc41)-c1ccccc1-3)c1ccccc21.O=c1[nH]c2cc3c(cc2[nH]1)-c1nc-3nc2[n-]c(nc3nc(nc4[n-]c(n1)c1ccccc41)-c1cc4[nH]c(=O)[nH]c4cc1-3)c1ccccc21.O=c1[nH]c2cc3c4nc5nc(nc6[n-]c(nc7nc(nc([n-]4)c3cc2[nH]1)-c1ccccc1-7)c1ccccc61)-c1ccccc1-5.[Zn+2].[Zn+2].[Zn+2]. The predicted molar refractivity (Wildman–Crippen MR) is 524 cm³/mol. The second kappa shape index (κ2) is 31.2. The third kappa shape index (κ3) is 13.1. The minimum Gasteiger partial charge on any atom is -0.357 e. The molecule has 0 unspecified atom stereocenters. The number of rotatable bonds is 0. The summed E-state index contributed by atoms with van der Waals surface area (Å²) in [7, 11) is 0. The van der Waals surface area contributed by atoms with Gasteiger partial charge in [-0.1, -0.05) is 170 Å². The Morgan fingerprint density at radius 2 is 0.259 bits per heavy atom. The topological polar surface area (TPSA) is 560 Å². The Kier molecular flexibility index (Phi) is 18.2. The zero-order chi connectivity index (χ0) is 92.3. The van der Waals surface area contributed by atoms with E-state index < -0.39 is 0 Å². The van der Waals surface area contributed by atoms with E-state index in [-0.39, 0.29) is 86.9 Å². The largest absolute Gasteiger partial charge is 2.00 e. The molecule has 6 aliphatic heterocycles. The normalized spacial score (nSPS) is 12.0. The van der Waals surface area contributed by atoms with Crippen LogP contribution in [0.2, 0.25) is 0 Å². The number of hydrogen-bond acceptors (Lipinski definition) is 23. The van der Waals surface area contributed by atoms with Crippen LogP contribution in [-0.2, 0) is 58.4 Å². The van der Waals surface area contributed by atoms with Gasteiger partial charge in [0.25, 0.3) is 0 Å². The summed E-state index contributed by atoms with van der Waals surface area (Å²) < 4.78 is 0. The van der Waals surface area contributed by atoms with E-state index in [1.807, 2.05) is 231 Å². The Balaban J connectivity index is 0.000000106. The van der Waals surface area contributed by atoms with Crippen molar-refractivity contribution in [3.63, 3.8) is 0 Å². The van der Waals surface area contributed by atoms with Crippen LogP contribution < -0.4 is 58.4 Å². The molecule has 24 bridgehead atoms. The summed E-state index contributed by atoms with van der Waals surface area (Å²) in [6, 6.07) is 72.7. The second-order valence-corrected chi connectivity index (χ2v) is 33.9. The molecule has 39 nitrogen and oxygen atoms in total. The first-order valence-electron chi connectivity index (χ1n) is 43.8. The summed E-state index contributed by atoms with van der Waals surface area (Å²) in [5, 5.41) is 9.18. The van der Waals surface area contributed by atoms with Crippen molar-refractivity contribution in [2.45, 2.75) is 0 Å². The van der Waals surface area contributed by atoms with Crippen molar-refractivity contribution < 1.29 is 58.4 Å². The van der Waals surface area contributed by atoms with Gasteiger partial charge in [-0.2, -0.15) is 0 Å². The van der Waals surface area contributed by atoms with Gasteiger partial charge in [0, 0.05) is 135 Å². The van der Waals surface area contributed by atoms with Crippen LogP contribution in [0.1, 0.15) is 0 Å². The Morgan fingerprint density at radius 1 is 0.140 bits per heavy atom. The van der Waals surface area contributed by atoms with Gasteiger partial charge >= 0.3 is 86.9 Å². The minimum absolute atomic E-state index is 0.